The molecule has 7 heteroatoms. The number of thioether (sulfide) groups is 2. The molecule has 3 unspecified atom stereocenters. The number of aliphatic hydroxyl groups excluding tert-OH is 1. The predicted octanol–water partition coefficient (Wildman–Crippen LogP) is 15.2. The maximum absolute atomic E-state index is 11.3. The van der Waals surface area contributed by atoms with E-state index >= 15 is 0 Å². The molecular weight excluding hydrogens is 937 g/mol. The molecule has 388 valence electrons. The molecule has 2 heterocycles. The van der Waals surface area contributed by atoms with Gasteiger partial charge in [-0.25, -0.2) is 0 Å². The van der Waals surface area contributed by atoms with Gasteiger partial charge in [0.15, 0.2) is 0 Å². The van der Waals surface area contributed by atoms with Crippen molar-refractivity contribution in [2.24, 2.45) is 0 Å². The van der Waals surface area contributed by atoms with Crippen molar-refractivity contribution in [1.82, 2.24) is 0 Å². The molecule has 0 saturated carbocycles. The third-order valence-corrected chi connectivity index (χ3v) is 18.0. The number of aryl methyl sites for hydroxylation is 6. The van der Waals surface area contributed by atoms with Gasteiger partial charge in [0.05, 0.1) is 24.4 Å². The summed E-state index contributed by atoms with van der Waals surface area (Å²) in [4.78, 5) is 0. The lowest BCUT2D eigenvalue weighted by Crippen LogP contribution is -2.34. The Morgan fingerprint density at radius 2 is 1.18 bits per heavy atom. The van der Waals surface area contributed by atoms with Gasteiger partial charge in [-0.2, -0.15) is 23.5 Å². The van der Waals surface area contributed by atoms with Crippen LogP contribution in [0.3, 0.4) is 0 Å². The lowest BCUT2D eigenvalue weighted by molar-refractivity contribution is -0.0961. The zero-order valence-corrected chi connectivity index (χ0v) is 46.0. The van der Waals surface area contributed by atoms with E-state index in [4.69, 9.17) is 18.9 Å². The number of allylic oxidation sites excluding steroid dienone is 4. The number of ether oxygens (including phenoxy) is 4. The second-order valence-electron chi connectivity index (χ2n) is 20.7. The van der Waals surface area contributed by atoms with Gasteiger partial charge < -0.3 is 24.1 Å². The highest BCUT2D eigenvalue weighted by atomic mass is 32.2. The molecule has 5 nitrogen and oxygen atoms in total. The number of hydrogen-bond acceptors (Lipinski definition) is 7. The van der Waals surface area contributed by atoms with Crippen LogP contribution in [-0.4, -0.2) is 65.2 Å². The number of fused-ring (bicyclic) bond motifs is 1. The molecule has 2 fully saturated rings. The first-order valence-corrected chi connectivity index (χ1v) is 29.7. The molecule has 0 spiro atoms. The van der Waals surface area contributed by atoms with Crippen LogP contribution in [0.15, 0.2) is 158 Å². The summed E-state index contributed by atoms with van der Waals surface area (Å²) in [7, 11) is 0. The lowest BCUT2D eigenvalue weighted by Gasteiger charge is -2.35. The number of aliphatic hydroxyl groups is 1. The van der Waals surface area contributed by atoms with Crippen molar-refractivity contribution >= 4 is 23.5 Å². The van der Waals surface area contributed by atoms with Crippen LogP contribution in [0.1, 0.15) is 124 Å². The zero-order valence-electron chi connectivity index (χ0n) is 44.3. The monoisotopic (exact) mass is 1020 g/mol. The molecule has 3 atom stereocenters. The van der Waals surface area contributed by atoms with Crippen molar-refractivity contribution in [2.75, 3.05) is 37.9 Å². The summed E-state index contributed by atoms with van der Waals surface area (Å²) in [5.74, 6) is 4.16. The van der Waals surface area contributed by atoms with E-state index in [0.717, 1.165) is 120 Å². The fraction of sp³-hybridized carbons (Fsp3) is 0.455. The van der Waals surface area contributed by atoms with Crippen molar-refractivity contribution in [3.63, 3.8) is 0 Å². The summed E-state index contributed by atoms with van der Waals surface area (Å²) in [6.07, 6.45) is 22.0. The minimum atomic E-state index is -0.777. The Morgan fingerprint density at radius 1 is 0.644 bits per heavy atom. The van der Waals surface area contributed by atoms with Crippen molar-refractivity contribution in [2.45, 2.75) is 151 Å². The maximum Gasteiger partial charge on any atom is 0.119 e. The van der Waals surface area contributed by atoms with E-state index in [1.165, 1.54) is 56.0 Å². The molecule has 5 aromatic carbocycles. The Balaban J connectivity index is 0.831. The van der Waals surface area contributed by atoms with Gasteiger partial charge in [0.1, 0.15) is 30.8 Å². The average molecular weight is 1020 g/mol. The minimum absolute atomic E-state index is 0.148. The molecule has 0 bridgehead atoms. The third kappa shape index (κ3) is 15.1. The fourth-order valence-corrected chi connectivity index (χ4v) is 11.7. The van der Waals surface area contributed by atoms with Crippen LogP contribution in [0.25, 0.3) is 0 Å². The van der Waals surface area contributed by atoms with E-state index in [1.807, 2.05) is 23.5 Å². The van der Waals surface area contributed by atoms with E-state index in [1.54, 1.807) is 0 Å². The normalized spacial score (nSPS) is 18.0. The SMILES string of the molecule is C=C/C(=C\C=C\C(CC)(CC)OCC1CS1)C1(c2ccc(OCC(O)COC(CC)(CC)c3ccc(CCCc4ccccc4CCCc4ccc(OCC5CS5)cc4)cc3)cc2)CCc2ccccc2CC1. The van der Waals surface area contributed by atoms with Gasteiger partial charge in [-0.15, -0.1) is 0 Å². The van der Waals surface area contributed by atoms with Gasteiger partial charge >= 0.3 is 0 Å². The molecule has 3 aliphatic rings. The van der Waals surface area contributed by atoms with Crippen LogP contribution in [0.5, 0.6) is 11.5 Å². The highest BCUT2D eigenvalue weighted by molar-refractivity contribution is 8.07. The largest absolute Gasteiger partial charge is 0.492 e. The molecular formula is C66H82O5S2. The molecule has 5 aromatic rings. The van der Waals surface area contributed by atoms with Crippen LogP contribution in [0, 0.1) is 0 Å². The Hall–Kier alpha value is -4.50. The van der Waals surface area contributed by atoms with Crippen LogP contribution >= 0.6 is 23.5 Å². The highest BCUT2D eigenvalue weighted by Gasteiger charge is 2.37. The van der Waals surface area contributed by atoms with Gasteiger partial charge in [-0.05, 0) is 164 Å². The van der Waals surface area contributed by atoms with Crippen molar-refractivity contribution in [3.8, 4) is 11.5 Å². The predicted molar refractivity (Wildman–Crippen MR) is 309 cm³/mol. The van der Waals surface area contributed by atoms with Gasteiger partial charge in [0.25, 0.3) is 0 Å². The average Bonchev–Trinajstić information content (AvgIpc) is 4.38. The van der Waals surface area contributed by atoms with Crippen LogP contribution in [0.4, 0.5) is 0 Å². The number of rotatable bonds is 30. The quantitative estimate of drug-likeness (QED) is 0.0279. The summed E-state index contributed by atoms with van der Waals surface area (Å²) in [5.41, 5.74) is 11.2. The van der Waals surface area contributed by atoms with Crippen LogP contribution in [0.2, 0.25) is 0 Å². The van der Waals surface area contributed by atoms with E-state index in [2.05, 4.69) is 180 Å². The first kappa shape index (κ1) is 54.8. The Morgan fingerprint density at radius 3 is 1.73 bits per heavy atom. The molecule has 73 heavy (non-hydrogen) atoms. The van der Waals surface area contributed by atoms with Crippen molar-refractivity contribution < 1.29 is 24.1 Å². The van der Waals surface area contributed by atoms with Gasteiger partial charge in [-0.3, -0.25) is 0 Å². The Bertz CT molecular complexity index is 2500. The second-order valence-corrected chi connectivity index (χ2v) is 23.3. The second kappa shape index (κ2) is 26.8. The minimum Gasteiger partial charge on any atom is -0.492 e. The fourth-order valence-electron chi connectivity index (χ4n) is 10.9. The maximum atomic E-state index is 11.3. The van der Waals surface area contributed by atoms with Gasteiger partial charge in [-0.1, -0.05) is 156 Å². The molecule has 1 aliphatic carbocycles. The smallest absolute Gasteiger partial charge is 0.119 e. The summed E-state index contributed by atoms with van der Waals surface area (Å²) < 4.78 is 25.4. The molecule has 0 radical (unpaired) electrons. The van der Waals surface area contributed by atoms with Crippen molar-refractivity contribution in [3.05, 3.63) is 202 Å². The van der Waals surface area contributed by atoms with Gasteiger partial charge in [0.2, 0.25) is 0 Å². The van der Waals surface area contributed by atoms with E-state index < -0.39 is 11.7 Å². The third-order valence-electron chi connectivity index (χ3n) is 16.1. The summed E-state index contributed by atoms with van der Waals surface area (Å²) in [6, 6.07) is 44.2. The molecule has 0 amide bonds. The number of hydrogen-bond donors (Lipinski definition) is 1. The Kier molecular flexibility index (Phi) is 20.1. The molecule has 2 aliphatic heterocycles. The molecule has 1 N–H and O–H groups in total. The Labute approximate surface area is 447 Å². The highest BCUT2D eigenvalue weighted by Crippen LogP contribution is 2.45. The van der Waals surface area contributed by atoms with E-state index in [-0.39, 0.29) is 24.2 Å². The summed E-state index contributed by atoms with van der Waals surface area (Å²) in [5, 5.41) is 12.6. The zero-order chi connectivity index (χ0) is 50.9. The first-order valence-electron chi connectivity index (χ1n) is 27.6. The van der Waals surface area contributed by atoms with Crippen molar-refractivity contribution in [1.29, 1.82) is 0 Å². The molecule has 0 aromatic heterocycles. The molecule has 2 saturated heterocycles. The van der Waals surface area contributed by atoms with E-state index in [9.17, 15) is 5.11 Å². The summed E-state index contributed by atoms with van der Waals surface area (Å²) in [6.45, 7) is 15.2. The lowest BCUT2D eigenvalue weighted by atomic mass is 9.68. The van der Waals surface area contributed by atoms with E-state index in [0.29, 0.717) is 10.5 Å². The number of benzene rings is 5. The summed E-state index contributed by atoms with van der Waals surface area (Å²) >= 11 is 3.96. The first-order chi connectivity index (χ1) is 35.7. The van der Waals surface area contributed by atoms with Crippen LogP contribution in [-0.2, 0) is 59.0 Å². The molecule has 8 rings (SSSR count). The van der Waals surface area contributed by atoms with Crippen LogP contribution < -0.4 is 9.47 Å². The standard InChI is InChI=1S/C66H82O5S2/c1-6-56(26-17-41-64(7-2,8-3)70-47-63-49-73-63)65(42-39-54-22-13-14-23-55(54)40-43-65)57-33-37-61(38-34-57)68-44-59(67)45-71-66(9-4,10-5)58-31-27-50(28-32-58)18-15-24-52-20-11-12-21-53(52)25-16-19-51-29-35-60(36-30-51)69-46-62-48-72-62/h6,11-14,17,20-23,26-38,41,59,62-63,67H,1,7-10,15-16,18-19,24-25,39-40,42-49H2,2-5H3/b41-17+,56-26+. The topological polar surface area (TPSA) is 57.2 Å². The van der Waals surface area contributed by atoms with Gasteiger partial charge in [0, 0.05) is 27.4 Å².